The SMILES string of the molecule is COc1cnc(N2CCNCC2)nc1Nc1ccc(NC(=O)c2cccc(Cl)n2)cc1C(F)(F)F. The van der Waals surface area contributed by atoms with Gasteiger partial charge in [-0.05, 0) is 30.3 Å². The monoisotopic (exact) mass is 507 g/mol. The van der Waals surface area contributed by atoms with E-state index in [1.54, 1.807) is 0 Å². The Kier molecular flexibility index (Phi) is 7.22. The normalized spacial score (nSPS) is 13.9. The summed E-state index contributed by atoms with van der Waals surface area (Å²) in [7, 11) is 1.38. The topological polar surface area (TPSA) is 104 Å². The second-order valence-electron chi connectivity index (χ2n) is 7.51. The van der Waals surface area contributed by atoms with Crippen molar-refractivity contribution < 1.29 is 22.7 Å². The van der Waals surface area contributed by atoms with Crippen LogP contribution in [0, 0.1) is 0 Å². The molecule has 3 N–H and O–H groups in total. The van der Waals surface area contributed by atoms with Gasteiger partial charge in [0.2, 0.25) is 5.95 Å². The van der Waals surface area contributed by atoms with Crippen molar-refractivity contribution in [3.8, 4) is 5.75 Å². The highest BCUT2D eigenvalue weighted by Crippen LogP contribution is 2.39. The van der Waals surface area contributed by atoms with Gasteiger partial charge in [0, 0.05) is 31.9 Å². The number of ether oxygens (including phenoxy) is 1. The summed E-state index contributed by atoms with van der Waals surface area (Å²) < 4.78 is 47.1. The molecule has 13 heteroatoms. The maximum absolute atomic E-state index is 13.9. The van der Waals surface area contributed by atoms with Crippen LogP contribution < -0.4 is 25.6 Å². The molecule has 4 rings (SSSR count). The Bertz CT molecular complexity index is 1220. The number of pyridine rings is 1. The van der Waals surface area contributed by atoms with Gasteiger partial charge in [0.1, 0.15) is 10.8 Å². The first-order valence-electron chi connectivity index (χ1n) is 10.5. The van der Waals surface area contributed by atoms with E-state index >= 15 is 0 Å². The Labute approximate surface area is 203 Å². The molecule has 1 aromatic carbocycles. The first kappa shape index (κ1) is 24.5. The van der Waals surface area contributed by atoms with Gasteiger partial charge in [0.05, 0.1) is 24.6 Å². The zero-order chi connectivity index (χ0) is 25.0. The molecule has 2 aromatic heterocycles. The molecule has 1 amide bonds. The fourth-order valence-electron chi connectivity index (χ4n) is 3.44. The maximum Gasteiger partial charge on any atom is 0.418 e. The van der Waals surface area contributed by atoms with Crippen molar-refractivity contribution in [1.82, 2.24) is 20.3 Å². The predicted molar refractivity (Wildman–Crippen MR) is 126 cm³/mol. The summed E-state index contributed by atoms with van der Waals surface area (Å²) in [6, 6.07) is 7.77. The first-order chi connectivity index (χ1) is 16.7. The number of benzene rings is 1. The van der Waals surface area contributed by atoms with Gasteiger partial charge < -0.3 is 25.6 Å². The highest BCUT2D eigenvalue weighted by Gasteiger charge is 2.34. The number of carbonyl (C=O) groups excluding carboxylic acids is 1. The van der Waals surface area contributed by atoms with Crippen molar-refractivity contribution in [2.24, 2.45) is 0 Å². The summed E-state index contributed by atoms with van der Waals surface area (Å²) in [5.74, 6) is -0.0522. The standard InChI is InChI=1S/C22H21ClF3N7O2/c1-35-17-12-28-21(33-9-7-27-8-10-33)32-19(17)31-15-6-5-13(11-14(15)22(24,25)26)29-20(34)16-3-2-4-18(23)30-16/h2-6,11-12,27H,7-10H2,1H3,(H,29,34)(H,28,31,32). The molecule has 35 heavy (non-hydrogen) atoms. The van der Waals surface area contributed by atoms with Crippen LogP contribution in [0.2, 0.25) is 5.15 Å². The third-order valence-corrected chi connectivity index (χ3v) is 5.36. The number of piperazine rings is 1. The molecule has 0 aliphatic carbocycles. The second-order valence-corrected chi connectivity index (χ2v) is 7.89. The average molecular weight is 508 g/mol. The first-order valence-corrected chi connectivity index (χ1v) is 10.9. The van der Waals surface area contributed by atoms with Crippen molar-refractivity contribution in [3.63, 3.8) is 0 Å². The summed E-state index contributed by atoms with van der Waals surface area (Å²) in [5, 5.41) is 8.43. The van der Waals surface area contributed by atoms with E-state index in [9.17, 15) is 18.0 Å². The fraction of sp³-hybridized carbons (Fsp3) is 0.273. The van der Waals surface area contributed by atoms with Gasteiger partial charge in [-0.2, -0.15) is 18.2 Å². The number of rotatable bonds is 6. The van der Waals surface area contributed by atoms with Crippen molar-refractivity contribution in [1.29, 1.82) is 0 Å². The molecule has 0 saturated carbocycles. The van der Waals surface area contributed by atoms with Crippen LogP contribution in [0.15, 0.2) is 42.6 Å². The van der Waals surface area contributed by atoms with E-state index in [0.717, 1.165) is 19.2 Å². The van der Waals surface area contributed by atoms with Crippen molar-refractivity contribution in [2.45, 2.75) is 6.18 Å². The Hall–Kier alpha value is -3.64. The second kappa shape index (κ2) is 10.3. The van der Waals surface area contributed by atoms with E-state index in [1.807, 2.05) is 4.90 Å². The molecule has 1 aliphatic heterocycles. The molecule has 0 unspecified atom stereocenters. The number of halogens is 4. The minimum Gasteiger partial charge on any atom is -0.491 e. The largest absolute Gasteiger partial charge is 0.491 e. The molecule has 0 radical (unpaired) electrons. The lowest BCUT2D eigenvalue weighted by Gasteiger charge is -2.27. The fourth-order valence-corrected chi connectivity index (χ4v) is 3.60. The van der Waals surface area contributed by atoms with Crippen molar-refractivity contribution >= 4 is 40.6 Å². The smallest absolute Gasteiger partial charge is 0.418 e. The average Bonchev–Trinajstić information content (AvgIpc) is 2.85. The summed E-state index contributed by atoms with van der Waals surface area (Å²) in [6.45, 7) is 2.81. The number of methoxy groups -OCH3 is 1. The number of nitrogens with one attached hydrogen (secondary N) is 3. The van der Waals surface area contributed by atoms with Crippen molar-refractivity contribution in [3.05, 3.63) is 59.0 Å². The van der Waals surface area contributed by atoms with Gasteiger partial charge >= 0.3 is 6.18 Å². The summed E-state index contributed by atoms with van der Waals surface area (Å²) in [5.41, 5.74) is -1.36. The summed E-state index contributed by atoms with van der Waals surface area (Å²) >= 11 is 5.79. The third-order valence-electron chi connectivity index (χ3n) is 5.15. The van der Waals surface area contributed by atoms with Gasteiger partial charge in [-0.15, -0.1) is 0 Å². The number of amides is 1. The Morgan fingerprint density at radius 1 is 1.17 bits per heavy atom. The van der Waals surface area contributed by atoms with E-state index in [1.165, 1.54) is 43.6 Å². The van der Waals surface area contributed by atoms with E-state index in [2.05, 4.69) is 30.9 Å². The van der Waals surface area contributed by atoms with Crippen LogP contribution in [0.5, 0.6) is 5.75 Å². The van der Waals surface area contributed by atoms with Crippen LogP contribution in [0.1, 0.15) is 16.1 Å². The van der Waals surface area contributed by atoms with Crippen LogP contribution >= 0.6 is 11.6 Å². The number of hydrogen-bond donors (Lipinski definition) is 3. The molecule has 3 aromatic rings. The van der Waals surface area contributed by atoms with Gasteiger partial charge in [0.25, 0.3) is 5.91 Å². The number of anilines is 4. The van der Waals surface area contributed by atoms with Crippen LogP contribution in [0.4, 0.5) is 36.3 Å². The number of carbonyl (C=O) groups is 1. The number of nitrogens with zero attached hydrogens (tertiary/aromatic N) is 4. The molecule has 3 heterocycles. The molecular weight excluding hydrogens is 487 g/mol. The van der Waals surface area contributed by atoms with Crippen LogP contribution in [0.25, 0.3) is 0 Å². The van der Waals surface area contributed by atoms with Gasteiger partial charge in [-0.3, -0.25) is 4.79 Å². The predicted octanol–water partition coefficient (Wildman–Crippen LogP) is 3.96. The zero-order valence-electron chi connectivity index (χ0n) is 18.5. The number of alkyl halides is 3. The molecule has 9 nitrogen and oxygen atoms in total. The van der Waals surface area contributed by atoms with Crippen LogP contribution in [0.3, 0.4) is 0 Å². The highest BCUT2D eigenvalue weighted by atomic mass is 35.5. The molecule has 0 spiro atoms. The van der Waals surface area contributed by atoms with E-state index in [4.69, 9.17) is 16.3 Å². The molecule has 1 saturated heterocycles. The van der Waals surface area contributed by atoms with Gasteiger partial charge in [0.15, 0.2) is 11.6 Å². The summed E-state index contributed by atoms with van der Waals surface area (Å²) in [6.07, 6.45) is -3.31. The minimum absolute atomic E-state index is 0.0283. The molecule has 184 valence electrons. The van der Waals surface area contributed by atoms with Gasteiger partial charge in [-0.1, -0.05) is 17.7 Å². The molecule has 1 fully saturated rings. The van der Waals surface area contributed by atoms with Crippen LogP contribution in [-0.2, 0) is 6.18 Å². The number of hydrogen-bond acceptors (Lipinski definition) is 8. The van der Waals surface area contributed by atoms with E-state index in [-0.39, 0.29) is 33.8 Å². The third kappa shape index (κ3) is 5.89. The van der Waals surface area contributed by atoms with Gasteiger partial charge in [-0.25, -0.2) is 9.97 Å². The lowest BCUT2D eigenvalue weighted by molar-refractivity contribution is -0.136. The van der Waals surface area contributed by atoms with Crippen LogP contribution in [-0.4, -0.2) is 54.1 Å². The summed E-state index contributed by atoms with van der Waals surface area (Å²) in [4.78, 5) is 26.9. The molecule has 1 aliphatic rings. The number of aromatic nitrogens is 3. The Morgan fingerprint density at radius 2 is 1.94 bits per heavy atom. The highest BCUT2D eigenvalue weighted by molar-refractivity contribution is 6.29. The lowest BCUT2D eigenvalue weighted by Crippen LogP contribution is -2.44. The van der Waals surface area contributed by atoms with E-state index < -0.39 is 17.6 Å². The molecule has 0 atom stereocenters. The molecule has 0 bridgehead atoms. The Morgan fingerprint density at radius 3 is 2.63 bits per heavy atom. The Balaban J connectivity index is 1.63. The zero-order valence-corrected chi connectivity index (χ0v) is 19.2. The maximum atomic E-state index is 13.9. The quantitative estimate of drug-likeness (QED) is 0.431. The molecular formula is C22H21ClF3N7O2. The minimum atomic E-state index is -4.72. The van der Waals surface area contributed by atoms with E-state index in [0.29, 0.717) is 19.0 Å². The lowest BCUT2D eigenvalue weighted by atomic mass is 10.1. The van der Waals surface area contributed by atoms with Crippen molar-refractivity contribution in [2.75, 3.05) is 48.8 Å².